The summed E-state index contributed by atoms with van der Waals surface area (Å²) in [6.45, 7) is 3.63. The first-order valence-corrected chi connectivity index (χ1v) is 4.13. The smallest absolute Gasteiger partial charge is 0.131 e. The van der Waals surface area contributed by atoms with Gasteiger partial charge in [-0.25, -0.2) is 0 Å². The van der Waals surface area contributed by atoms with Crippen LogP contribution in [0.25, 0.3) is 5.03 Å². The number of ether oxygens (including phenoxy) is 2. The number of halogens is 1. The fourth-order valence-electron chi connectivity index (χ4n) is 1.02. The fraction of sp³-hybridized carbons (Fsp3) is 0.200. The van der Waals surface area contributed by atoms with E-state index in [0.29, 0.717) is 10.8 Å². The van der Waals surface area contributed by atoms with E-state index >= 15 is 0 Å². The average molecular weight is 199 g/mol. The summed E-state index contributed by atoms with van der Waals surface area (Å²) < 4.78 is 10.2. The third-order valence-electron chi connectivity index (χ3n) is 1.70. The van der Waals surface area contributed by atoms with E-state index in [2.05, 4.69) is 6.58 Å². The molecule has 1 aromatic carbocycles. The molecular formula is C10H11ClO2. The molecule has 0 spiro atoms. The lowest BCUT2D eigenvalue weighted by molar-refractivity contribution is 0.393. The van der Waals surface area contributed by atoms with E-state index in [4.69, 9.17) is 21.1 Å². The van der Waals surface area contributed by atoms with Crippen LogP contribution in [0.4, 0.5) is 0 Å². The van der Waals surface area contributed by atoms with Crippen molar-refractivity contribution in [3.63, 3.8) is 0 Å². The van der Waals surface area contributed by atoms with Gasteiger partial charge in [0.2, 0.25) is 0 Å². The summed E-state index contributed by atoms with van der Waals surface area (Å²) in [5.74, 6) is 1.40. The van der Waals surface area contributed by atoms with E-state index in [1.54, 1.807) is 20.3 Å². The van der Waals surface area contributed by atoms with Crippen LogP contribution in [0.15, 0.2) is 24.8 Å². The van der Waals surface area contributed by atoms with Crippen LogP contribution < -0.4 is 9.47 Å². The van der Waals surface area contributed by atoms with Gasteiger partial charge in [-0.05, 0) is 12.1 Å². The van der Waals surface area contributed by atoms with Crippen molar-refractivity contribution in [1.82, 2.24) is 0 Å². The maximum absolute atomic E-state index is 5.77. The second kappa shape index (κ2) is 4.19. The lowest BCUT2D eigenvalue weighted by atomic mass is 10.2. The topological polar surface area (TPSA) is 18.5 Å². The summed E-state index contributed by atoms with van der Waals surface area (Å²) in [6.07, 6.45) is 0. The van der Waals surface area contributed by atoms with E-state index in [-0.39, 0.29) is 0 Å². The minimum Gasteiger partial charge on any atom is -0.497 e. The van der Waals surface area contributed by atoms with Crippen molar-refractivity contribution in [1.29, 1.82) is 0 Å². The molecule has 0 fully saturated rings. The van der Waals surface area contributed by atoms with Gasteiger partial charge in [0.15, 0.2) is 0 Å². The number of rotatable bonds is 3. The van der Waals surface area contributed by atoms with Gasteiger partial charge in [-0.2, -0.15) is 0 Å². The van der Waals surface area contributed by atoms with Crippen LogP contribution in [0.5, 0.6) is 11.5 Å². The lowest BCUT2D eigenvalue weighted by Crippen LogP contribution is -1.90. The Labute approximate surface area is 82.7 Å². The summed E-state index contributed by atoms with van der Waals surface area (Å²) in [7, 11) is 3.18. The van der Waals surface area contributed by atoms with Gasteiger partial charge in [-0.3, -0.25) is 0 Å². The highest BCUT2D eigenvalue weighted by Crippen LogP contribution is 2.30. The van der Waals surface area contributed by atoms with Gasteiger partial charge in [-0.15, -0.1) is 0 Å². The molecule has 0 unspecified atom stereocenters. The van der Waals surface area contributed by atoms with Gasteiger partial charge in [0.25, 0.3) is 0 Å². The second-order valence-electron chi connectivity index (χ2n) is 2.47. The normalized spacial score (nSPS) is 9.46. The summed E-state index contributed by atoms with van der Waals surface area (Å²) in [5, 5.41) is 0.458. The number of benzene rings is 1. The van der Waals surface area contributed by atoms with Crippen molar-refractivity contribution >= 4 is 16.6 Å². The predicted molar refractivity (Wildman–Crippen MR) is 54.4 cm³/mol. The Morgan fingerprint density at radius 2 is 2.00 bits per heavy atom. The van der Waals surface area contributed by atoms with Crippen molar-refractivity contribution in [2.45, 2.75) is 0 Å². The molecule has 0 aliphatic carbocycles. The van der Waals surface area contributed by atoms with Crippen molar-refractivity contribution in [2.24, 2.45) is 0 Å². The number of methoxy groups -OCH3 is 2. The Bertz CT molecular complexity index is 321. The molecule has 0 bridgehead atoms. The zero-order valence-electron chi connectivity index (χ0n) is 7.63. The molecule has 0 N–H and O–H groups in total. The van der Waals surface area contributed by atoms with Crippen LogP contribution in [-0.2, 0) is 0 Å². The van der Waals surface area contributed by atoms with Crippen molar-refractivity contribution < 1.29 is 9.47 Å². The molecule has 2 nitrogen and oxygen atoms in total. The number of hydrogen-bond donors (Lipinski definition) is 0. The highest BCUT2D eigenvalue weighted by molar-refractivity contribution is 6.48. The van der Waals surface area contributed by atoms with Gasteiger partial charge in [0.1, 0.15) is 11.5 Å². The van der Waals surface area contributed by atoms with E-state index in [0.717, 1.165) is 11.3 Å². The standard InChI is InChI=1S/C10H11ClO2/c1-7(11)9-5-4-8(12-2)6-10(9)13-3/h4-6H,1H2,2-3H3. The second-order valence-corrected chi connectivity index (χ2v) is 2.93. The van der Waals surface area contributed by atoms with E-state index in [9.17, 15) is 0 Å². The molecule has 0 saturated carbocycles. The molecule has 0 radical (unpaired) electrons. The first-order chi connectivity index (χ1) is 6.19. The predicted octanol–water partition coefficient (Wildman–Crippen LogP) is 2.91. The summed E-state index contributed by atoms with van der Waals surface area (Å²) in [6, 6.07) is 5.39. The van der Waals surface area contributed by atoms with Crippen LogP contribution in [0, 0.1) is 0 Å². The Hall–Kier alpha value is -1.15. The molecule has 3 heteroatoms. The maximum atomic E-state index is 5.77. The first kappa shape index (κ1) is 9.93. The maximum Gasteiger partial charge on any atom is 0.131 e. The minimum atomic E-state index is 0.458. The third-order valence-corrected chi connectivity index (χ3v) is 1.90. The third kappa shape index (κ3) is 2.16. The molecule has 70 valence electrons. The molecule has 0 heterocycles. The van der Waals surface area contributed by atoms with E-state index in [1.807, 2.05) is 12.1 Å². The van der Waals surface area contributed by atoms with Gasteiger partial charge in [-0.1, -0.05) is 18.2 Å². The molecule has 13 heavy (non-hydrogen) atoms. The van der Waals surface area contributed by atoms with Crippen LogP contribution >= 0.6 is 11.6 Å². The molecule has 0 aliphatic heterocycles. The first-order valence-electron chi connectivity index (χ1n) is 3.76. The van der Waals surface area contributed by atoms with E-state index < -0.39 is 0 Å². The molecule has 1 aromatic rings. The fourth-order valence-corrected chi connectivity index (χ4v) is 1.18. The Balaban J connectivity index is 3.15. The summed E-state index contributed by atoms with van der Waals surface area (Å²) in [5.41, 5.74) is 0.782. The lowest BCUT2D eigenvalue weighted by Gasteiger charge is -2.08. The van der Waals surface area contributed by atoms with Gasteiger partial charge < -0.3 is 9.47 Å². The van der Waals surface area contributed by atoms with Gasteiger partial charge >= 0.3 is 0 Å². The SMILES string of the molecule is C=C(Cl)c1ccc(OC)cc1OC. The highest BCUT2D eigenvalue weighted by atomic mass is 35.5. The molecule has 1 rings (SSSR count). The largest absolute Gasteiger partial charge is 0.497 e. The van der Waals surface area contributed by atoms with Crippen LogP contribution in [0.1, 0.15) is 5.56 Å². The van der Waals surface area contributed by atoms with Crippen molar-refractivity contribution in [3.8, 4) is 11.5 Å². The van der Waals surface area contributed by atoms with Crippen LogP contribution in [-0.4, -0.2) is 14.2 Å². The van der Waals surface area contributed by atoms with E-state index in [1.165, 1.54) is 0 Å². The highest BCUT2D eigenvalue weighted by Gasteiger charge is 2.05. The minimum absolute atomic E-state index is 0.458. The summed E-state index contributed by atoms with van der Waals surface area (Å²) in [4.78, 5) is 0. The molecule has 0 atom stereocenters. The molecule has 0 aromatic heterocycles. The van der Waals surface area contributed by atoms with Crippen molar-refractivity contribution in [3.05, 3.63) is 30.3 Å². The average Bonchev–Trinajstić information content (AvgIpc) is 2.16. The Kier molecular flexibility index (Phi) is 3.20. The zero-order chi connectivity index (χ0) is 9.84. The zero-order valence-corrected chi connectivity index (χ0v) is 8.39. The van der Waals surface area contributed by atoms with Gasteiger partial charge in [0, 0.05) is 16.7 Å². The quantitative estimate of drug-likeness (QED) is 0.744. The molecule has 0 aliphatic rings. The van der Waals surface area contributed by atoms with Gasteiger partial charge in [0.05, 0.1) is 14.2 Å². The molecule has 0 amide bonds. The summed E-state index contributed by atoms with van der Waals surface area (Å²) >= 11 is 5.77. The Morgan fingerprint density at radius 3 is 2.46 bits per heavy atom. The molecular weight excluding hydrogens is 188 g/mol. The molecule has 0 saturated heterocycles. The number of hydrogen-bond acceptors (Lipinski definition) is 2. The monoisotopic (exact) mass is 198 g/mol. The Morgan fingerprint density at radius 1 is 1.31 bits per heavy atom. The van der Waals surface area contributed by atoms with Crippen molar-refractivity contribution in [2.75, 3.05) is 14.2 Å². The van der Waals surface area contributed by atoms with Crippen LogP contribution in [0.3, 0.4) is 0 Å². The van der Waals surface area contributed by atoms with Crippen LogP contribution in [0.2, 0.25) is 0 Å².